The highest BCUT2D eigenvalue weighted by Gasteiger charge is 2.72. The van der Waals surface area contributed by atoms with E-state index in [0.717, 1.165) is 30.8 Å². The Hall–Kier alpha value is -0.960. The fourth-order valence-corrected chi connectivity index (χ4v) is 12.3. The molecule has 0 aromatic carbocycles. The maximum atomic E-state index is 6.75. The zero-order chi connectivity index (χ0) is 24.6. The van der Waals surface area contributed by atoms with E-state index in [9.17, 15) is 0 Å². The van der Waals surface area contributed by atoms with Crippen LogP contribution in [0.5, 0.6) is 0 Å². The highest BCUT2D eigenvalue weighted by Crippen LogP contribution is 2.77. The Morgan fingerprint density at radius 2 is 1.51 bits per heavy atom. The second kappa shape index (κ2) is 6.72. The molecule has 0 N–H and O–H groups in total. The number of nitrogens with zero attached hydrogens (tertiary/aromatic N) is 2. The summed E-state index contributed by atoms with van der Waals surface area (Å²) in [6.07, 6.45) is 16.6. The maximum absolute atomic E-state index is 6.75. The molecule has 5 aliphatic carbocycles. The molecule has 6 aliphatic rings. The molecular formula is C32H48N2O. The van der Waals surface area contributed by atoms with Crippen LogP contribution in [-0.4, -0.2) is 22.7 Å². The van der Waals surface area contributed by atoms with Crippen LogP contribution in [0.1, 0.15) is 111 Å². The van der Waals surface area contributed by atoms with Gasteiger partial charge in [-0.3, -0.25) is 9.97 Å². The lowest BCUT2D eigenvalue weighted by Crippen LogP contribution is -2.67. The van der Waals surface area contributed by atoms with Gasteiger partial charge in [0.15, 0.2) is 0 Å². The molecule has 0 spiro atoms. The molecule has 4 saturated carbocycles. The van der Waals surface area contributed by atoms with Gasteiger partial charge in [0.2, 0.25) is 0 Å². The van der Waals surface area contributed by atoms with Crippen LogP contribution >= 0.6 is 0 Å². The molecule has 1 aromatic rings. The van der Waals surface area contributed by atoms with Gasteiger partial charge in [-0.1, -0.05) is 48.5 Å². The van der Waals surface area contributed by atoms with Gasteiger partial charge in [-0.05, 0) is 109 Å². The largest absolute Gasteiger partial charge is 0.377 e. The summed E-state index contributed by atoms with van der Waals surface area (Å²) in [6.45, 7) is 19.2. The number of aromatic nitrogens is 2. The Labute approximate surface area is 213 Å². The topological polar surface area (TPSA) is 35.0 Å². The Bertz CT molecular complexity index is 1060. The van der Waals surface area contributed by atoms with E-state index in [2.05, 4.69) is 48.5 Å². The number of fused-ring (bicyclic) bond motifs is 6. The van der Waals surface area contributed by atoms with Crippen LogP contribution < -0.4 is 0 Å². The average molecular weight is 477 g/mol. The van der Waals surface area contributed by atoms with Gasteiger partial charge in [-0.25, -0.2) is 0 Å². The number of ether oxygens (including phenoxy) is 1. The van der Waals surface area contributed by atoms with Crippen molar-refractivity contribution >= 4 is 0 Å². The van der Waals surface area contributed by atoms with Crippen LogP contribution in [0.2, 0.25) is 0 Å². The predicted molar refractivity (Wildman–Crippen MR) is 140 cm³/mol. The molecule has 9 atom stereocenters. The average Bonchev–Trinajstić information content (AvgIpc) is 3.13. The Morgan fingerprint density at radius 3 is 2.31 bits per heavy atom. The van der Waals surface area contributed by atoms with Gasteiger partial charge in [0.25, 0.3) is 0 Å². The maximum Gasteiger partial charge on any atom is 0.0678 e. The highest BCUT2D eigenvalue weighted by molar-refractivity contribution is 5.32. The minimum absolute atomic E-state index is 0.104. The lowest BCUT2D eigenvalue weighted by Gasteiger charge is -2.72. The molecule has 2 bridgehead atoms. The molecule has 0 unspecified atom stereocenters. The Balaban J connectivity index is 1.31. The predicted octanol–water partition coefficient (Wildman–Crippen LogP) is 7.38. The first-order valence-electron chi connectivity index (χ1n) is 14.8. The minimum Gasteiger partial charge on any atom is -0.377 e. The third-order valence-corrected chi connectivity index (χ3v) is 14.2. The Morgan fingerprint density at radius 1 is 0.771 bits per heavy atom. The zero-order valence-corrected chi connectivity index (χ0v) is 23.4. The lowest BCUT2D eigenvalue weighted by atomic mass is 9.31. The van der Waals surface area contributed by atoms with Gasteiger partial charge < -0.3 is 4.74 Å². The van der Waals surface area contributed by atoms with Gasteiger partial charge in [0.1, 0.15) is 0 Å². The summed E-state index contributed by atoms with van der Waals surface area (Å²) >= 11 is 0. The second-order valence-electron chi connectivity index (χ2n) is 16.0. The van der Waals surface area contributed by atoms with Crippen LogP contribution in [0.15, 0.2) is 12.4 Å². The first-order valence-corrected chi connectivity index (χ1v) is 14.8. The van der Waals surface area contributed by atoms with Crippen LogP contribution in [0.25, 0.3) is 0 Å². The van der Waals surface area contributed by atoms with Crippen molar-refractivity contribution in [3.05, 3.63) is 23.8 Å². The molecule has 0 amide bonds. The molecule has 2 heterocycles. The van der Waals surface area contributed by atoms with E-state index in [1.165, 1.54) is 62.8 Å². The molecule has 35 heavy (non-hydrogen) atoms. The van der Waals surface area contributed by atoms with Crippen molar-refractivity contribution in [1.29, 1.82) is 0 Å². The van der Waals surface area contributed by atoms with Crippen LogP contribution in [-0.2, 0) is 16.6 Å². The summed E-state index contributed by atoms with van der Waals surface area (Å²) in [4.78, 5) is 9.83. The van der Waals surface area contributed by atoms with E-state index in [1.54, 1.807) is 0 Å². The highest BCUT2D eigenvalue weighted by atomic mass is 16.5. The summed E-state index contributed by atoms with van der Waals surface area (Å²) in [7, 11) is 0. The van der Waals surface area contributed by atoms with Crippen molar-refractivity contribution in [2.45, 2.75) is 118 Å². The van der Waals surface area contributed by atoms with E-state index >= 15 is 0 Å². The van der Waals surface area contributed by atoms with E-state index in [4.69, 9.17) is 14.7 Å². The number of hydrogen-bond donors (Lipinski definition) is 0. The van der Waals surface area contributed by atoms with Crippen molar-refractivity contribution < 1.29 is 4.74 Å². The lowest BCUT2D eigenvalue weighted by molar-refractivity contribution is -0.233. The molecular weight excluding hydrogens is 428 g/mol. The molecule has 0 radical (unpaired) electrons. The van der Waals surface area contributed by atoms with E-state index in [-0.39, 0.29) is 5.41 Å². The van der Waals surface area contributed by atoms with Crippen LogP contribution in [0, 0.1) is 50.7 Å². The van der Waals surface area contributed by atoms with Crippen molar-refractivity contribution in [2.24, 2.45) is 50.7 Å². The smallest absolute Gasteiger partial charge is 0.0678 e. The molecule has 1 aliphatic heterocycles. The van der Waals surface area contributed by atoms with E-state index in [0.29, 0.717) is 39.1 Å². The molecule has 1 saturated heterocycles. The van der Waals surface area contributed by atoms with Crippen molar-refractivity contribution in [3.63, 3.8) is 0 Å². The first kappa shape index (κ1) is 23.2. The van der Waals surface area contributed by atoms with Crippen LogP contribution in [0.4, 0.5) is 0 Å². The van der Waals surface area contributed by atoms with Gasteiger partial charge in [-0.2, -0.15) is 0 Å². The quantitative estimate of drug-likeness (QED) is 0.392. The zero-order valence-electron chi connectivity index (χ0n) is 23.4. The van der Waals surface area contributed by atoms with E-state index < -0.39 is 0 Å². The minimum atomic E-state index is 0.104. The molecule has 5 fully saturated rings. The molecule has 3 heteroatoms. The summed E-state index contributed by atoms with van der Waals surface area (Å²) in [5, 5.41) is 0. The van der Waals surface area contributed by atoms with Gasteiger partial charge in [0, 0.05) is 17.8 Å². The summed E-state index contributed by atoms with van der Waals surface area (Å²) in [5.74, 6) is 3.07. The SMILES string of the molecule is CC1(C)CC[C@@]23CC[C@]4(C)[C@H](CC[C@@H]5[C@]6(C)Cc7nccnc7C(C)(C)[C@@H]6CC[C@@]54C)[C@H]2[C@H]1OC3. The second-order valence-corrected chi connectivity index (χ2v) is 16.0. The van der Waals surface area contributed by atoms with Crippen molar-refractivity contribution in [1.82, 2.24) is 9.97 Å². The first-order chi connectivity index (χ1) is 16.4. The molecule has 7 rings (SSSR count). The van der Waals surface area contributed by atoms with Gasteiger partial charge in [0.05, 0.1) is 24.1 Å². The standard InChI is InChI=1S/C32H48N2O/c1-27(2)12-14-32-15-13-30(6)20(24(32)26(27)35-19-32)8-9-23-29(5)18-21-25(34-17-16-33-21)28(3,4)22(29)10-11-31(23,30)7/h16-17,20,22-24,26H,8-15,18-19H2,1-7H3/t20-,22+,23-,24+,26-,29-,30-,31+,32+/m1/s1. The summed E-state index contributed by atoms with van der Waals surface area (Å²) in [5.41, 5.74) is 4.62. The number of rotatable bonds is 0. The monoisotopic (exact) mass is 476 g/mol. The van der Waals surface area contributed by atoms with Crippen molar-refractivity contribution in [2.75, 3.05) is 6.61 Å². The van der Waals surface area contributed by atoms with Crippen molar-refractivity contribution in [3.8, 4) is 0 Å². The third kappa shape index (κ3) is 2.58. The van der Waals surface area contributed by atoms with Gasteiger partial charge >= 0.3 is 0 Å². The fourth-order valence-electron chi connectivity index (χ4n) is 12.3. The summed E-state index contributed by atoms with van der Waals surface area (Å²) in [6, 6.07) is 0. The Kier molecular flexibility index (Phi) is 4.45. The molecule has 3 nitrogen and oxygen atoms in total. The van der Waals surface area contributed by atoms with Gasteiger partial charge in [-0.15, -0.1) is 0 Å². The number of hydrogen-bond acceptors (Lipinski definition) is 3. The molecule has 192 valence electrons. The molecule has 1 aromatic heterocycles. The van der Waals surface area contributed by atoms with Crippen LogP contribution in [0.3, 0.4) is 0 Å². The normalized spacial score (nSPS) is 52.9. The van der Waals surface area contributed by atoms with E-state index in [1.807, 2.05) is 12.4 Å². The fraction of sp³-hybridized carbons (Fsp3) is 0.875. The summed E-state index contributed by atoms with van der Waals surface area (Å²) < 4.78 is 6.75. The third-order valence-electron chi connectivity index (χ3n) is 14.2.